The molecule has 0 saturated heterocycles. The molecule has 0 aromatic heterocycles. The molecular weight excluding hydrogens is 755 g/mol. The SMILES string of the molecule is CC(C(I)CI)C(I)C(C)(C)[C@H](I)CI. The Morgan fingerprint density at radius 1 is 1.00 bits per heavy atom. The summed E-state index contributed by atoms with van der Waals surface area (Å²) in [6.45, 7) is 7.25. The highest BCUT2D eigenvalue weighted by molar-refractivity contribution is 14.1. The van der Waals surface area contributed by atoms with Crippen molar-refractivity contribution < 1.29 is 0 Å². The minimum absolute atomic E-state index is 0.428. The summed E-state index contributed by atoms with van der Waals surface area (Å²) >= 11 is 12.9. The summed E-state index contributed by atoms with van der Waals surface area (Å²) in [6.07, 6.45) is 0. The maximum absolute atomic E-state index is 2.67. The molecule has 0 amide bonds. The van der Waals surface area contributed by atoms with Crippen LogP contribution in [-0.2, 0) is 0 Å². The zero-order valence-electron chi connectivity index (χ0n) is 9.11. The van der Waals surface area contributed by atoms with Gasteiger partial charge in [-0.25, -0.2) is 0 Å². The minimum atomic E-state index is 0.428. The van der Waals surface area contributed by atoms with E-state index in [-0.39, 0.29) is 0 Å². The van der Waals surface area contributed by atoms with Crippen LogP contribution in [-0.4, -0.2) is 20.6 Å². The van der Waals surface area contributed by atoms with Crippen molar-refractivity contribution >= 4 is 113 Å². The first kappa shape index (κ1) is 18.7. The van der Waals surface area contributed by atoms with Gasteiger partial charge in [0.1, 0.15) is 0 Å². The molecule has 0 heterocycles. The molecule has 0 aliphatic carbocycles. The minimum Gasteiger partial charge on any atom is -0.0852 e. The van der Waals surface area contributed by atoms with E-state index in [0.29, 0.717) is 5.41 Å². The largest absolute Gasteiger partial charge is 0.0852 e. The topological polar surface area (TPSA) is 0 Å². The Bertz CT molecular complexity index is 183. The molecule has 3 unspecified atom stereocenters. The monoisotopic (exact) mass is 772 g/mol. The fourth-order valence-corrected chi connectivity index (χ4v) is 6.53. The molecule has 0 spiro atoms. The van der Waals surface area contributed by atoms with E-state index < -0.39 is 0 Å². The highest BCUT2D eigenvalue weighted by Gasteiger charge is 2.38. The Kier molecular flexibility index (Phi) is 10.9. The summed E-state index contributed by atoms with van der Waals surface area (Å²) in [6, 6.07) is 0. The second kappa shape index (κ2) is 8.75. The standard InChI is InChI=1S/C10H17I5/c1-6(7(13)4-11)9(15)10(2,3)8(14)5-12/h6-9H,4-5H2,1-3H3/t6?,7?,8-,9?/m1/s1. The lowest BCUT2D eigenvalue weighted by molar-refractivity contribution is 0.317. The average molecular weight is 772 g/mol. The van der Waals surface area contributed by atoms with Crippen molar-refractivity contribution in [2.24, 2.45) is 11.3 Å². The van der Waals surface area contributed by atoms with Gasteiger partial charge in [-0.2, -0.15) is 0 Å². The van der Waals surface area contributed by atoms with E-state index >= 15 is 0 Å². The molecule has 0 aliphatic rings. The van der Waals surface area contributed by atoms with Gasteiger partial charge in [0.05, 0.1) is 0 Å². The van der Waals surface area contributed by atoms with E-state index in [2.05, 4.69) is 134 Å². The number of alkyl halides is 5. The molecule has 0 aromatic rings. The van der Waals surface area contributed by atoms with E-state index in [1.54, 1.807) is 0 Å². The summed E-state index contributed by atoms with van der Waals surface area (Å²) in [5.74, 6) is 0.790. The van der Waals surface area contributed by atoms with Gasteiger partial charge >= 0.3 is 0 Å². The highest BCUT2D eigenvalue weighted by Crippen LogP contribution is 2.42. The Hall–Kier alpha value is 3.65. The molecule has 0 fully saturated rings. The summed E-state index contributed by atoms with van der Waals surface area (Å²) in [5, 5.41) is 0. The van der Waals surface area contributed by atoms with Gasteiger partial charge in [-0.1, -0.05) is 134 Å². The number of hydrogen-bond donors (Lipinski definition) is 0. The van der Waals surface area contributed by atoms with Gasteiger partial charge in [0.25, 0.3) is 0 Å². The normalized spacial score (nSPS) is 20.8. The van der Waals surface area contributed by atoms with E-state index in [4.69, 9.17) is 0 Å². The van der Waals surface area contributed by atoms with Crippen LogP contribution in [0.5, 0.6) is 0 Å². The first-order chi connectivity index (χ1) is 6.78. The summed E-state index contributed by atoms with van der Waals surface area (Å²) in [7, 11) is 0. The number of hydrogen-bond acceptors (Lipinski definition) is 0. The first-order valence-corrected chi connectivity index (χ1v) is 11.6. The molecule has 5 heteroatoms. The molecule has 15 heavy (non-hydrogen) atoms. The van der Waals surface area contributed by atoms with Crippen molar-refractivity contribution in [1.29, 1.82) is 0 Å². The fraction of sp³-hybridized carbons (Fsp3) is 1.00. The van der Waals surface area contributed by atoms with Gasteiger partial charge in [-0.05, 0) is 11.3 Å². The van der Waals surface area contributed by atoms with Crippen LogP contribution < -0.4 is 0 Å². The second-order valence-electron chi connectivity index (χ2n) is 4.37. The van der Waals surface area contributed by atoms with Crippen molar-refractivity contribution in [1.82, 2.24) is 0 Å². The third-order valence-electron chi connectivity index (χ3n) is 2.83. The molecule has 0 nitrogen and oxygen atoms in total. The summed E-state index contributed by atoms with van der Waals surface area (Å²) in [4.78, 5) is 0. The quantitative estimate of drug-likeness (QED) is 0.232. The van der Waals surface area contributed by atoms with E-state index in [0.717, 1.165) is 17.7 Å². The molecule has 0 rings (SSSR count). The van der Waals surface area contributed by atoms with E-state index in [1.165, 1.54) is 8.86 Å². The third kappa shape index (κ3) is 5.65. The maximum atomic E-state index is 2.67. The molecule has 0 radical (unpaired) electrons. The van der Waals surface area contributed by atoms with Crippen LogP contribution in [0.15, 0.2) is 0 Å². The van der Waals surface area contributed by atoms with Crippen LogP contribution in [0.25, 0.3) is 0 Å². The molecule has 0 aromatic carbocycles. The molecule has 4 atom stereocenters. The van der Waals surface area contributed by atoms with Crippen LogP contribution in [0.4, 0.5) is 0 Å². The van der Waals surface area contributed by atoms with Gasteiger partial charge in [0.2, 0.25) is 0 Å². The lowest BCUT2D eigenvalue weighted by atomic mass is 9.80. The predicted octanol–water partition coefficient (Wildman–Crippen LogP) is 5.93. The first-order valence-electron chi connectivity index (χ1n) is 4.83. The van der Waals surface area contributed by atoms with Crippen molar-refractivity contribution in [2.75, 3.05) is 8.86 Å². The van der Waals surface area contributed by atoms with E-state index in [9.17, 15) is 0 Å². The highest BCUT2D eigenvalue weighted by atomic mass is 127. The molecule has 0 aliphatic heterocycles. The van der Waals surface area contributed by atoms with Crippen molar-refractivity contribution in [2.45, 2.75) is 32.5 Å². The Morgan fingerprint density at radius 3 is 1.80 bits per heavy atom. The summed E-state index contributed by atoms with van der Waals surface area (Å²) in [5.41, 5.74) is 0.428. The zero-order chi connectivity index (χ0) is 12.2. The van der Waals surface area contributed by atoms with Crippen LogP contribution in [0.1, 0.15) is 20.8 Å². The molecule has 0 bridgehead atoms. The fourth-order valence-electron chi connectivity index (χ4n) is 1.37. The Balaban J connectivity index is 4.60. The van der Waals surface area contributed by atoms with E-state index in [1.807, 2.05) is 0 Å². The van der Waals surface area contributed by atoms with Crippen molar-refractivity contribution in [3.63, 3.8) is 0 Å². The number of rotatable bonds is 6. The Morgan fingerprint density at radius 2 is 1.47 bits per heavy atom. The smallest absolute Gasteiger partial charge is 0.0260 e. The molecular formula is C10H17I5. The maximum Gasteiger partial charge on any atom is 0.0260 e. The van der Waals surface area contributed by atoms with Crippen LogP contribution in [0.2, 0.25) is 0 Å². The second-order valence-corrected chi connectivity index (χ2v) is 10.6. The predicted molar refractivity (Wildman–Crippen MR) is 114 cm³/mol. The summed E-state index contributed by atoms with van der Waals surface area (Å²) < 4.78 is 4.81. The van der Waals surface area contributed by atoms with Crippen LogP contribution in [0, 0.1) is 11.3 Å². The van der Waals surface area contributed by atoms with Crippen molar-refractivity contribution in [3.05, 3.63) is 0 Å². The lowest BCUT2D eigenvalue weighted by Gasteiger charge is -2.39. The van der Waals surface area contributed by atoms with Gasteiger partial charge in [-0.3, -0.25) is 0 Å². The number of halogens is 5. The van der Waals surface area contributed by atoms with Crippen molar-refractivity contribution in [3.8, 4) is 0 Å². The lowest BCUT2D eigenvalue weighted by Crippen LogP contribution is -2.41. The van der Waals surface area contributed by atoms with Gasteiger partial charge < -0.3 is 0 Å². The average Bonchev–Trinajstić information content (AvgIpc) is 2.24. The third-order valence-corrected chi connectivity index (χ3v) is 14.4. The Labute approximate surface area is 162 Å². The molecule has 0 N–H and O–H groups in total. The van der Waals surface area contributed by atoms with Crippen LogP contribution in [0.3, 0.4) is 0 Å². The zero-order valence-corrected chi connectivity index (χ0v) is 19.9. The van der Waals surface area contributed by atoms with Gasteiger partial charge in [-0.15, -0.1) is 0 Å². The van der Waals surface area contributed by atoms with Gasteiger partial charge in [0, 0.05) is 20.6 Å². The van der Waals surface area contributed by atoms with Gasteiger partial charge in [0.15, 0.2) is 0 Å². The molecule has 92 valence electrons. The molecule has 0 saturated carbocycles. The van der Waals surface area contributed by atoms with Crippen LogP contribution >= 0.6 is 113 Å².